The Morgan fingerprint density at radius 3 is 2.28 bits per heavy atom. The predicted octanol–water partition coefficient (Wildman–Crippen LogP) is 4.28. The third-order valence-electron chi connectivity index (χ3n) is 16.2. The van der Waals surface area contributed by atoms with E-state index in [-0.39, 0.29) is 150 Å². The Bertz CT molecular complexity index is 2730. The number of hydrogen-bond acceptors (Lipinski definition) is 18. The summed E-state index contributed by atoms with van der Waals surface area (Å²) in [6.07, 6.45) is 5.66. The van der Waals surface area contributed by atoms with Gasteiger partial charge in [-0.15, -0.1) is 11.3 Å². The lowest BCUT2D eigenvalue weighted by Crippen LogP contribution is -2.58. The summed E-state index contributed by atoms with van der Waals surface area (Å²) in [4.78, 5) is 154. The molecule has 0 bridgehead atoms. The number of anilines is 1. The van der Waals surface area contributed by atoms with E-state index in [9.17, 15) is 57.8 Å². The molecule has 2 aliphatic rings. The summed E-state index contributed by atoms with van der Waals surface area (Å²) in [7, 11) is 3.60. The number of aliphatic hydroxyl groups is 1. The number of aliphatic hydroxyl groups excluding tert-OH is 1. The minimum absolute atomic E-state index is 0.00674. The highest BCUT2D eigenvalue weighted by atomic mass is 32.2. The summed E-state index contributed by atoms with van der Waals surface area (Å²) in [6, 6.07) is 2.00. The molecule has 2 aliphatic heterocycles. The monoisotopic (exact) mass is 1280 g/mol. The van der Waals surface area contributed by atoms with Crippen LogP contribution in [0.25, 0.3) is 0 Å². The van der Waals surface area contributed by atoms with Gasteiger partial charge in [-0.25, -0.2) is 4.98 Å². The molecular weight excluding hydrogens is 1190 g/mol. The number of nitrogens with zero attached hydrogens (tertiary/aromatic N) is 4. The van der Waals surface area contributed by atoms with E-state index in [2.05, 4.69) is 36.9 Å². The molecule has 8 N–H and O–H groups in total. The number of esters is 1. The van der Waals surface area contributed by atoms with Gasteiger partial charge in [0.1, 0.15) is 22.8 Å². The van der Waals surface area contributed by atoms with Crippen molar-refractivity contribution in [3.63, 3.8) is 0 Å². The number of rotatable bonds is 39. The maximum atomic E-state index is 14.4. The number of unbranched alkanes of at least 4 members (excludes halogenated alkanes) is 1. The number of amides is 9. The van der Waals surface area contributed by atoms with Gasteiger partial charge in [-0.3, -0.25) is 62.5 Å². The number of piperidine rings is 1. The smallest absolute Gasteiger partial charge is 0.306 e. The molecule has 0 aliphatic carbocycles. The van der Waals surface area contributed by atoms with Gasteiger partial charge in [0, 0.05) is 88.9 Å². The number of likely N-dealkylation sites (tertiary alicyclic amines) is 2. The van der Waals surface area contributed by atoms with Crippen LogP contribution in [-0.4, -0.2) is 197 Å². The molecule has 0 saturated carbocycles. The zero-order chi connectivity index (χ0) is 65.9. The first kappa shape index (κ1) is 74.9. The number of hydrogen-bond donors (Lipinski definition) is 8. The number of nitrogens with one attached hydrogen (secondary N) is 6. The van der Waals surface area contributed by atoms with Gasteiger partial charge in [0.2, 0.25) is 47.3 Å². The lowest BCUT2D eigenvalue weighted by Gasteiger charge is -2.38. The molecule has 4 rings (SSSR count). The molecule has 0 radical (unpaired) electrons. The second kappa shape index (κ2) is 38.2. The fraction of sp³-hybridized carbons (Fsp3) is 0.677. The van der Waals surface area contributed by atoms with Crippen LogP contribution in [0.3, 0.4) is 0 Å². The summed E-state index contributed by atoms with van der Waals surface area (Å²) < 4.78 is 11.0. The van der Waals surface area contributed by atoms with E-state index in [1.165, 1.54) is 31.0 Å². The van der Waals surface area contributed by atoms with Crippen molar-refractivity contribution in [2.45, 2.75) is 186 Å². The Morgan fingerprint density at radius 2 is 1.63 bits per heavy atom. The minimum Gasteiger partial charge on any atom is -0.481 e. The van der Waals surface area contributed by atoms with Crippen molar-refractivity contribution in [2.24, 2.45) is 17.8 Å². The van der Waals surface area contributed by atoms with Crippen LogP contribution in [-0.2, 0) is 63.8 Å². The maximum absolute atomic E-state index is 14.4. The summed E-state index contributed by atoms with van der Waals surface area (Å²) in [6.45, 7) is 13.6. The van der Waals surface area contributed by atoms with Crippen molar-refractivity contribution in [3.8, 4) is 0 Å². The molecule has 5 unspecified atom stereocenters. The number of aromatic nitrogens is 1. The molecular formula is C62H96N10O15S2. The van der Waals surface area contributed by atoms with E-state index >= 15 is 0 Å². The van der Waals surface area contributed by atoms with Gasteiger partial charge < -0.3 is 56.5 Å². The fourth-order valence-corrected chi connectivity index (χ4v) is 12.2. The van der Waals surface area contributed by atoms with E-state index in [0.29, 0.717) is 48.5 Å². The standard InChI is InChI=1S/C62H96N10O15S2/c1-11-38(4)55(69-58(81)47-18-13-15-26-70(47)8)61(83)71(9)48(37(2)3)34-49(87-41(7)74)59-68-46(36-89-59)57(80)65-43(31-40(6)62(84)85)32-42-21-20-39(5)45(33-42)67-52(76)19-16-25-64-56(79)44(17-12-14-24-63-51(75)23-29-86-30-28-73)66-53(77)22-27-72-54(78)35-50(88-10)60(72)82/h20-21,33,36-38,40,43-44,47-50,55,73H,11-19,22-32,34-35H2,1-10H3,(H,63,75)(H,64,79)(H,65,80)(H,66,77)(H,67,76)(H,69,81)(H,84,85)/t38?,40?,43-,44?,47?,48-,49-,50?,55+/m1/s1. The number of aliphatic carboxylic acids is 1. The lowest BCUT2D eigenvalue weighted by molar-refractivity contribution is -0.149. The number of carbonyl (C=O) groups excluding carboxylic acids is 10. The lowest BCUT2D eigenvalue weighted by atomic mass is 9.92. The largest absolute Gasteiger partial charge is 0.481 e. The van der Waals surface area contributed by atoms with Crippen molar-refractivity contribution in [1.29, 1.82) is 0 Å². The van der Waals surface area contributed by atoms with Gasteiger partial charge in [-0.1, -0.05) is 59.6 Å². The van der Waals surface area contributed by atoms with Crippen LogP contribution < -0.4 is 31.9 Å². The first-order valence-electron chi connectivity index (χ1n) is 31.0. The minimum atomic E-state index is -1.07. The van der Waals surface area contributed by atoms with Gasteiger partial charge in [-0.2, -0.15) is 11.8 Å². The Morgan fingerprint density at radius 1 is 0.899 bits per heavy atom. The summed E-state index contributed by atoms with van der Waals surface area (Å²) in [5.74, 6) is -6.28. The predicted molar refractivity (Wildman–Crippen MR) is 337 cm³/mol. The first-order valence-corrected chi connectivity index (χ1v) is 33.2. The number of thioether (sulfide) groups is 1. The quantitative estimate of drug-likeness (QED) is 0.0263. The van der Waals surface area contributed by atoms with Crippen LogP contribution in [0.1, 0.15) is 164 Å². The summed E-state index contributed by atoms with van der Waals surface area (Å²) in [5.41, 5.74) is 1.88. The summed E-state index contributed by atoms with van der Waals surface area (Å²) >= 11 is 2.36. The number of carbonyl (C=O) groups is 11. The number of likely N-dealkylation sites (N-methyl/N-ethyl adjacent to an activating group) is 2. The Labute approximate surface area is 531 Å². The zero-order valence-corrected chi connectivity index (χ0v) is 55.1. The van der Waals surface area contributed by atoms with Crippen LogP contribution in [0.4, 0.5) is 5.69 Å². The van der Waals surface area contributed by atoms with E-state index in [1.54, 1.807) is 37.3 Å². The third kappa shape index (κ3) is 24.6. The highest BCUT2D eigenvalue weighted by Crippen LogP contribution is 2.32. The molecule has 25 nitrogen and oxygen atoms in total. The zero-order valence-electron chi connectivity index (χ0n) is 53.4. The van der Waals surface area contributed by atoms with Crippen molar-refractivity contribution in [1.82, 2.24) is 46.3 Å². The number of carboxylic acids is 1. The SMILES string of the molecule is CCC(C)[C@H](NC(=O)C1CCCCN1C)C(=O)N(C)[C@H](C[C@@H](OC(C)=O)c1nc(C(=O)N[C@@H](Cc2ccc(C)c(NC(=O)CCCNC(=O)C(CCCCNC(=O)CCOCCO)NC(=O)CCN3C(=O)CC(SC)C3=O)c2)CC(C)C(=O)O)cs1)C(C)C. The number of ether oxygens (including phenoxy) is 2. The highest BCUT2D eigenvalue weighted by Gasteiger charge is 2.40. The molecule has 3 heterocycles. The second-order valence-corrected chi connectivity index (χ2v) is 25.5. The van der Waals surface area contributed by atoms with Gasteiger partial charge in [-0.05, 0) is 107 Å². The fourth-order valence-electron chi connectivity index (χ4n) is 10.7. The van der Waals surface area contributed by atoms with E-state index < -0.39 is 71.1 Å². The average Bonchev–Trinajstić information content (AvgIpc) is 2.62. The number of carboxylic acid groups (broad SMARTS) is 1. The molecule has 1 aromatic carbocycles. The van der Waals surface area contributed by atoms with Crippen LogP contribution in [0, 0.1) is 24.7 Å². The molecule has 9 atom stereocenters. The number of imide groups is 1. The molecule has 1 aromatic heterocycles. The molecule has 0 spiro atoms. The molecule has 2 aromatic rings. The van der Waals surface area contributed by atoms with E-state index in [4.69, 9.17) is 14.6 Å². The van der Waals surface area contributed by atoms with E-state index in [1.807, 2.05) is 45.7 Å². The summed E-state index contributed by atoms with van der Waals surface area (Å²) in [5, 5.41) is 37.4. The highest BCUT2D eigenvalue weighted by molar-refractivity contribution is 8.00. The molecule has 9 amide bonds. The molecule has 2 fully saturated rings. The molecule has 2 saturated heterocycles. The van der Waals surface area contributed by atoms with Crippen molar-refractivity contribution >= 4 is 93.9 Å². The molecule has 27 heteroatoms. The topological polar surface area (TPSA) is 341 Å². The van der Waals surface area contributed by atoms with Gasteiger partial charge >= 0.3 is 11.9 Å². The number of aryl methyl sites for hydroxylation is 1. The molecule has 496 valence electrons. The number of benzene rings is 1. The van der Waals surface area contributed by atoms with Crippen molar-refractivity contribution in [3.05, 3.63) is 45.4 Å². The van der Waals surface area contributed by atoms with Crippen LogP contribution >= 0.6 is 23.1 Å². The first-order chi connectivity index (χ1) is 42.3. The van der Waals surface area contributed by atoms with Crippen LogP contribution in [0.15, 0.2) is 23.6 Å². The molecule has 89 heavy (non-hydrogen) atoms. The van der Waals surface area contributed by atoms with Gasteiger partial charge in [0.05, 0.1) is 37.0 Å². The Hall–Kier alpha value is -6.55. The van der Waals surface area contributed by atoms with Crippen LogP contribution in [0.5, 0.6) is 0 Å². The normalized spacial score (nSPS) is 17.6. The average molecular weight is 1290 g/mol. The van der Waals surface area contributed by atoms with Crippen molar-refractivity contribution < 1.29 is 72.4 Å². The van der Waals surface area contributed by atoms with Gasteiger partial charge in [0.25, 0.3) is 5.91 Å². The third-order valence-corrected chi connectivity index (χ3v) is 18.1. The number of thiazole rings is 1. The second-order valence-electron chi connectivity index (χ2n) is 23.6. The maximum Gasteiger partial charge on any atom is 0.306 e. The van der Waals surface area contributed by atoms with Gasteiger partial charge in [0.15, 0.2) is 6.10 Å². The van der Waals surface area contributed by atoms with Crippen LogP contribution in [0.2, 0.25) is 0 Å². The van der Waals surface area contributed by atoms with Crippen molar-refractivity contribution in [2.75, 3.05) is 71.7 Å². The Balaban J connectivity index is 1.39. The Kier molecular flexibility index (Phi) is 32.2. The van der Waals surface area contributed by atoms with E-state index in [0.717, 1.165) is 41.2 Å².